The number of aromatic nitrogens is 1. The van der Waals surface area contributed by atoms with E-state index in [9.17, 15) is 0 Å². The Kier molecular flexibility index (Phi) is 3.93. The van der Waals surface area contributed by atoms with Gasteiger partial charge >= 0.3 is 0 Å². The van der Waals surface area contributed by atoms with E-state index >= 15 is 0 Å². The number of hydrogen-bond donors (Lipinski definition) is 1. The number of likely N-dealkylation sites (N-methyl/N-ethyl adjacent to an activating group) is 1. The first-order valence-electron chi connectivity index (χ1n) is 5.14. The van der Waals surface area contributed by atoms with Gasteiger partial charge in [-0.2, -0.15) is 0 Å². The summed E-state index contributed by atoms with van der Waals surface area (Å²) in [6.07, 6.45) is 0.974. The largest absolute Gasteiger partial charge is 0.319 e. The number of nitrogens with one attached hydrogen (secondary N) is 1. The van der Waals surface area contributed by atoms with E-state index in [1.165, 1.54) is 0 Å². The van der Waals surface area contributed by atoms with E-state index in [0.717, 1.165) is 34.3 Å². The lowest BCUT2D eigenvalue weighted by Gasteiger charge is -1.97. The maximum absolute atomic E-state index is 5.95. The molecular formula is C12H13ClN2S. The maximum Gasteiger partial charge on any atom is 0.0945 e. The Morgan fingerprint density at radius 3 is 3.06 bits per heavy atom. The Hall–Kier alpha value is -0.900. The van der Waals surface area contributed by atoms with Crippen molar-refractivity contribution in [3.8, 4) is 11.3 Å². The van der Waals surface area contributed by atoms with Gasteiger partial charge in [0.1, 0.15) is 0 Å². The number of benzene rings is 1. The van der Waals surface area contributed by atoms with Gasteiger partial charge in [0.15, 0.2) is 0 Å². The molecule has 0 aliphatic rings. The zero-order chi connectivity index (χ0) is 11.4. The second-order valence-corrected chi connectivity index (χ2v) is 4.87. The van der Waals surface area contributed by atoms with Gasteiger partial charge in [-0.3, -0.25) is 0 Å². The van der Waals surface area contributed by atoms with Gasteiger partial charge in [-0.15, -0.1) is 11.3 Å². The molecule has 2 rings (SSSR count). The summed E-state index contributed by atoms with van der Waals surface area (Å²) in [4.78, 5) is 4.58. The summed E-state index contributed by atoms with van der Waals surface area (Å²) in [5.41, 5.74) is 2.10. The third kappa shape index (κ3) is 2.82. The molecule has 0 aliphatic carbocycles. The Labute approximate surface area is 104 Å². The van der Waals surface area contributed by atoms with E-state index in [1.54, 1.807) is 11.3 Å². The molecular weight excluding hydrogens is 240 g/mol. The van der Waals surface area contributed by atoms with Crippen molar-refractivity contribution >= 4 is 22.9 Å². The molecule has 84 valence electrons. The van der Waals surface area contributed by atoms with Gasteiger partial charge in [-0.25, -0.2) is 4.98 Å². The fourth-order valence-electron chi connectivity index (χ4n) is 1.44. The predicted molar refractivity (Wildman–Crippen MR) is 70.2 cm³/mol. The van der Waals surface area contributed by atoms with Gasteiger partial charge in [0.05, 0.1) is 10.7 Å². The highest BCUT2D eigenvalue weighted by Gasteiger charge is 2.04. The normalized spacial score (nSPS) is 10.6. The van der Waals surface area contributed by atoms with Crippen molar-refractivity contribution in [3.63, 3.8) is 0 Å². The molecule has 16 heavy (non-hydrogen) atoms. The molecule has 0 amide bonds. The SMILES string of the molecule is CNCCc1nc(-c2cccc(Cl)c2)cs1. The smallest absolute Gasteiger partial charge is 0.0945 e. The van der Waals surface area contributed by atoms with Gasteiger partial charge < -0.3 is 5.32 Å². The highest BCUT2D eigenvalue weighted by Crippen LogP contribution is 2.24. The molecule has 0 unspecified atom stereocenters. The van der Waals surface area contributed by atoms with Crippen LogP contribution in [0.25, 0.3) is 11.3 Å². The molecule has 0 saturated carbocycles. The molecule has 0 atom stereocenters. The number of thiazole rings is 1. The van der Waals surface area contributed by atoms with Gasteiger partial charge in [-0.1, -0.05) is 23.7 Å². The summed E-state index contributed by atoms with van der Waals surface area (Å²) in [6.45, 7) is 0.961. The fourth-order valence-corrected chi connectivity index (χ4v) is 2.44. The summed E-state index contributed by atoms with van der Waals surface area (Å²) in [5.74, 6) is 0. The average Bonchev–Trinajstić information content (AvgIpc) is 2.75. The first-order valence-corrected chi connectivity index (χ1v) is 6.40. The zero-order valence-corrected chi connectivity index (χ0v) is 10.6. The molecule has 0 aliphatic heterocycles. The van der Waals surface area contributed by atoms with Crippen molar-refractivity contribution in [3.05, 3.63) is 39.7 Å². The molecule has 0 saturated heterocycles. The standard InChI is InChI=1S/C12H13ClN2S/c1-14-6-5-12-15-11(8-16-12)9-3-2-4-10(13)7-9/h2-4,7-8,14H,5-6H2,1H3. The third-order valence-electron chi connectivity index (χ3n) is 2.26. The highest BCUT2D eigenvalue weighted by molar-refractivity contribution is 7.09. The van der Waals surface area contributed by atoms with E-state index in [4.69, 9.17) is 11.6 Å². The number of halogens is 1. The first kappa shape index (κ1) is 11.6. The zero-order valence-electron chi connectivity index (χ0n) is 9.03. The van der Waals surface area contributed by atoms with Crippen LogP contribution >= 0.6 is 22.9 Å². The molecule has 1 aromatic carbocycles. The monoisotopic (exact) mass is 252 g/mol. The van der Waals surface area contributed by atoms with Crippen LogP contribution in [0.5, 0.6) is 0 Å². The van der Waals surface area contributed by atoms with Crippen molar-refractivity contribution in [2.24, 2.45) is 0 Å². The average molecular weight is 253 g/mol. The van der Waals surface area contributed by atoms with Gasteiger partial charge in [0, 0.05) is 28.9 Å². The van der Waals surface area contributed by atoms with Crippen molar-refractivity contribution in [2.45, 2.75) is 6.42 Å². The minimum Gasteiger partial charge on any atom is -0.319 e. The Morgan fingerprint density at radius 2 is 2.31 bits per heavy atom. The Morgan fingerprint density at radius 1 is 1.44 bits per heavy atom. The highest BCUT2D eigenvalue weighted by atomic mass is 35.5. The van der Waals surface area contributed by atoms with Crippen LogP contribution in [0.15, 0.2) is 29.6 Å². The van der Waals surface area contributed by atoms with Crippen LogP contribution in [0, 0.1) is 0 Å². The van der Waals surface area contributed by atoms with E-state index in [1.807, 2.05) is 31.3 Å². The Bertz CT molecular complexity index is 468. The number of hydrogen-bond acceptors (Lipinski definition) is 3. The van der Waals surface area contributed by atoms with Crippen LogP contribution in [0.4, 0.5) is 0 Å². The van der Waals surface area contributed by atoms with Crippen LogP contribution in [-0.2, 0) is 6.42 Å². The summed E-state index contributed by atoms with van der Waals surface area (Å²) >= 11 is 7.65. The number of rotatable bonds is 4. The predicted octanol–water partition coefficient (Wildman–Crippen LogP) is 3.23. The topological polar surface area (TPSA) is 24.9 Å². The summed E-state index contributed by atoms with van der Waals surface area (Å²) in [7, 11) is 1.95. The summed E-state index contributed by atoms with van der Waals surface area (Å²) in [6, 6.07) is 7.80. The van der Waals surface area contributed by atoms with Crippen molar-refractivity contribution < 1.29 is 0 Å². The van der Waals surface area contributed by atoms with Crippen LogP contribution in [-0.4, -0.2) is 18.6 Å². The Balaban J connectivity index is 2.18. The second kappa shape index (κ2) is 5.43. The van der Waals surface area contributed by atoms with Gasteiger partial charge in [0.25, 0.3) is 0 Å². The molecule has 4 heteroatoms. The van der Waals surface area contributed by atoms with Crippen LogP contribution in [0.2, 0.25) is 5.02 Å². The second-order valence-electron chi connectivity index (χ2n) is 3.49. The van der Waals surface area contributed by atoms with Crippen LogP contribution < -0.4 is 5.32 Å². The van der Waals surface area contributed by atoms with E-state index in [2.05, 4.69) is 15.7 Å². The molecule has 1 aromatic heterocycles. The summed E-state index contributed by atoms with van der Waals surface area (Å²) in [5, 5.41) is 7.11. The lowest BCUT2D eigenvalue weighted by molar-refractivity contribution is 0.788. The molecule has 2 nitrogen and oxygen atoms in total. The van der Waals surface area contributed by atoms with E-state index in [-0.39, 0.29) is 0 Å². The van der Waals surface area contributed by atoms with Gasteiger partial charge in [-0.05, 0) is 19.2 Å². The summed E-state index contributed by atoms with van der Waals surface area (Å²) < 4.78 is 0. The third-order valence-corrected chi connectivity index (χ3v) is 3.40. The van der Waals surface area contributed by atoms with Crippen molar-refractivity contribution in [1.29, 1.82) is 0 Å². The van der Waals surface area contributed by atoms with Crippen LogP contribution in [0.1, 0.15) is 5.01 Å². The molecule has 1 N–H and O–H groups in total. The van der Waals surface area contributed by atoms with Crippen molar-refractivity contribution in [2.75, 3.05) is 13.6 Å². The molecule has 0 fully saturated rings. The minimum absolute atomic E-state index is 0.752. The van der Waals surface area contributed by atoms with Crippen molar-refractivity contribution in [1.82, 2.24) is 10.3 Å². The lowest BCUT2D eigenvalue weighted by Crippen LogP contribution is -2.09. The fraction of sp³-hybridized carbons (Fsp3) is 0.250. The quantitative estimate of drug-likeness (QED) is 0.904. The number of nitrogens with zero attached hydrogens (tertiary/aromatic N) is 1. The lowest BCUT2D eigenvalue weighted by atomic mass is 10.2. The van der Waals surface area contributed by atoms with E-state index < -0.39 is 0 Å². The van der Waals surface area contributed by atoms with Crippen LogP contribution in [0.3, 0.4) is 0 Å². The minimum atomic E-state index is 0.752. The first-order chi connectivity index (χ1) is 7.79. The molecule has 1 heterocycles. The molecule has 0 spiro atoms. The maximum atomic E-state index is 5.95. The molecule has 0 radical (unpaired) electrons. The van der Waals surface area contributed by atoms with E-state index in [0.29, 0.717) is 0 Å². The van der Waals surface area contributed by atoms with Gasteiger partial charge in [0.2, 0.25) is 0 Å². The molecule has 0 bridgehead atoms. The molecule has 2 aromatic rings.